The molecule has 0 saturated heterocycles. The van der Waals surface area contributed by atoms with E-state index in [1.165, 1.54) is 11.3 Å². The Kier molecular flexibility index (Phi) is 15.3. The molecule has 1 N–H and O–H groups in total. The molecule has 1 aromatic rings. The fourth-order valence-corrected chi connectivity index (χ4v) is 8.64. The van der Waals surface area contributed by atoms with Gasteiger partial charge in [-0.3, -0.25) is 14.5 Å². The van der Waals surface area contributed by atoms with E-state index in [1.54, 1.807) is 17.2 Å². The number of carbonyl (C=O) groups excluding carboxylic acids is 3. The van der Waals surface area contributed by atoms with E-state index in [-0.39, 0.29) is 48.1 Å². The topological polar surface area (TPSA) is 101 Å². The van der Waals surface area contributed by atoms with Crippen LogP contribution in [0.25, 0.3) is 0 Å². The summed E-state index contributed by atoms with van der Waals surface area (Å²) in [6.07, 6.45) is 0.921. The summed E-state index contributed by atoms with van der Waals surface area (Å²) in [7, 11) is 3.48. The minimum atomic E-state index is -2.07. The summed E-state index contributed by atoms with van der Waals surface area (Å²) in [6, 6.07) is 2.07. The van der Waals surface area contributed by atoms with Gasteiger partial charge in [0.15, 0.2) is 14.0 Å². The zero-order valence-electron chi connectivity index (χ0n) is 28.5. The van der Waals surface area contributed by atoms with Crippen LogP contribution in [0.1, 0.15) is 104 Å². The van der Waals surface area contributed by atoms with E-state index >= 15 is 0 Å². The first-order valence-electron chi connectivity index (χ1n) is 15.6. The average Bonchev–Trinajstić information content (AvgIpc) is 3.45. The lowest BCUT2D eigenvalue weighted by Crippen LogP contribution is -2.60. The van der Waals surface area contributed by atoms with Gasteiger partial charge in [0, 0.05) is 18.5 Å². The van der Waals surface area contributed by atoms with Crippen LogP contribution in [0.4, 0.5) is 0 Å². The molecule has 0 aromatic carbocycles. The lowest BCUT2D eigenvalue weighted by Gasteiger charge is -2.40. The number of nitrogens with one attached hydrogen (secondary N) is 1. The van der Waals surface area contributed by atoms with Gasteiger partial charge in [0.1, 0.15) is 11.0 Å². The van der Waals surface area contributed by atoms with Crippen LogP contribution < -0.4 is 5.32 Å². The summed E-state index contributed by atoms with van der Waals surface area (Å²) in [6.45, 7) is 20.6. The first-order chi connectivity index (χ1) is 19.5. The third-order valence-electron chi connectivity index (χ3n) is 9.12. The zero-order chi connectivity index (χ0) is 32.4. The van der Waals surface area contributed by atoms with E-state index in [0.717, 1.165) is 29.6 Å². The molecule has 242 valence electrons. The molecule has 0 bridgehead atoms. The molecule has 0 spiro atoms. The van der Waals surface area contributed by atoms with Crippen LogP contribution in [-0.4, -0.2) is 86.3 Å². The van der Waals surface area contributed by atoms with Crippen molar-refractivity contribution in [3.05, 3.63) is 16.1 Å². The second-order valence-electron chi connectivity index (χ2n) is 12.4. The van der Waals surface area contributed by atoms with Gasteiger partial charge >= 0.3 is 5.97 Å². The quantitative estimate of drug-likeness (QED) is 0.155. The molecule has 4 unspecified atom stereocenters. The fourth-order valence-electron chi connectivity index (χ4n) is 4.92. The highest BCUT2D eigenvalue weighted by Gasteiger charge is 2.40. The van der Waals surface area contributed by atoms with E-state index in [1.807, 2.05) is 53.7 Å². The van der Waals surface area contributed by atoms with Gasteiger partial charge in [0.05, 0.1) is 18.2 Å². The van der Waals surface area contributed by atoms with Crippen LogP contribution in [0.15, 0.2) is 5.38 Å². The number of aromatic nitrogens is 1. The van der Waals surface area contributed by atoms with Crippen molar-refractivity contribution in [2.75, 3.05) is 27.7 Å². The molecule has 0 aliphatic carbocycles. The summed E-state index contributed by atoms with van der Waals surface area (Å²) in [5.41, 5.74) is -0.479. The van der Waals surface area contributed by atoms with Crippen molar-refractivity contribution >= 4 is 37.4 Å². The van der Waals surface area contributed by atoms with E-state index in [2.05, 4.69) is 44.9 Å². The van der Waals surface area contributed by atoms with Gasteiger partial charge in [-0.05, 0) is 71.3 Å². The Balaban J connectivity index is 3.47. The Bertz CT molecular complexity index is 1000. The van der Waals surface area contributed by atoms with Gasteiger partial charge in [-0.1, -0.05) is 54.9 Å². The molecule has 0 aliphatic heterocycles. The summed E-state index contributed by atoms with van der Waals surface area (Å²) in [4.78, 5) is 48.2. The number of thiazole rings is 1. The number of likely N-dealkylation sites (N-methyl/N-ethyl adjacent to an activating group) is 2. The highest BCUT2D eigenvalue weighted by atomic mass is 32.1. The minimum absolute atomic E-state index is 0.0480. The molecule has 0 aliphatic rings. The lowest BCUT2D eigenvalue weighted by molar-refractivity contribution is -0.142. The summed E-state index contributed by atoms with van der Waals surface area (Å²) < 4.78 is 12.2. The second kappa shape index (κ2) is 16.9. The van der Waals surface area contributed by atoms with Crippen molar-refractivity contribution in [1.82, 2.24) is 20.1 Å². The zero-order valence-corrected chi connectivity index (χ0v) is 30.3. The first kappa shape index (κ1) is 38.2. The maximum Gasteiger partial charge on any atom is 0.357 e. The predicted octanol–water partition coefficient (Wildman–Crippen LogP) is 6.13. The Labute approximate surface area is 260 Å². The van der Waals surface area contributed by atoms with E-state index < -0.39 is 25.9 Å². The number of amides is 2. The molecule has 0 radical (unpaired) electrons. The van der Waals surface area contributed by atoms with Crippen molar-refractivity contribution < 1.29 is 23.5 Å². The number of hydrogen-bond acceptors (Lipinski definition) is 8. The molecule has 0 saturated carbocycles. The summed E-state index contributed by atoms with van der Waals surface area (Å²) in [5.74, 6) is -0.666. The van der Waals surface area contributed by atoms with Crippen LogP contribution in [0, 0.1) is 11.8 Å². The maximum absolute atomic E-state index is 14.2. The normalized spacial score (nSPS) is 15.3. The standard InChI is InChI=1S/C31H58N4O5SSi/c1-14-22(8)26(33-30(38)31(9,10)34(11)12)28(36)35(13)24(21(6)7)19-25(40-42(16-3,17-4)18-5)27-32-23(20-41-27)29(37)39-15-2/h20-22,24-26H,14-19H2,1-13H3,(H,33,38). The number of esters is 1. The van der Waals surface area contributed by atoms with Crippen molar-refractivity contribution in [3.63, 3.8) is 0 Å². The number of ether oxygens (including phenoxy) is 1. The van der Waals surface area contributed by atoms with Crippen LogP contribution in [0.5, 0.6) is 0 Å². The minimum Gasteiger partial charge on any atom is -0.461 e. The molecule has 1 rings (SSSR count). The molecule has 1 aromatic heterocycles. The molecule has 1 heterocycles. The molecule has 9 nitrogen and oxygen atoms in total. The van der Waals surface area contributed by atoms with Crippen LogP contribution in [0.2, 0.25) is 18.1 Å². The summed E-state index contributed by atoms with van der Waals surface area (Å²) in [5, 5.41) is 5.55. The molecule has 2 amide bonds. The lowest BCUT2D eigenvalue weighted by atomic mass is 9.92. The Hall–Kier alpha value is -1.82. The Morgan fingerprint density at radius 2 is 1.60 bits per heavy atom. The number of rotatable bonds is 18. The van der Waals surface area contributed by atoms with Crippen LogP contribution in [-0.2, 0) is 18.8 Å². The number of nitrogens with zero attached hydrogens (tertiary/aromatic N) is 3. The highest BCUT2D eigenvalue weighted by molar-refractivity contribution is 7.09. The third-order valence-corrected chi connectivity index (χ3v) is 14.7. The third kappa shape index (κ3) is 9.59. The monoisotopic (exact) mass is 626 g/mol. The Morgan fingerprint density at radius 3 is 2.05 bits per heavy atom. The van der Waals surface area contributed by atoms with Crippen molar-refractivity contribution in [2.24, 2.45) is 11.8 Å². The van der Waals surface area contributed by atoms with Gasteiger partial charge in [0.25, 0.3) is 0 Å². The highest BCUT2D eigenvalue weighted by Crippen LogP contribution is 2.36. The molecule has 42 heavy (non-hydrogen) atoms. The molecule has 11 heteroatoms. The van der Waals surface area contributed by atoms with Gasteiger partial charge in [-0.2, -0.15) is 0 Å². The molecular weight excluding hydrogens is 569 g/mol. The van der Waals surface area contributed by atoms with Gasteiger partial charge in [-0.15, -0.1) is 11.3 Å². The number of hydrogen-bond donors (Lipinski definition) is 1. The fraction of sp³-hybridized carbons (Fsp3) is 0.806. The maximum atomic E-state index is 14.2. The van der Waals surface area contributed by atoms with Gasteiger partial charge in [-0.25, -0.2) is 9.78 Å². The molecule has 4 atom stereocenters. The SMILES string of the molecule is CCOC(=O)c1csc(C(CC(C(C)C)N(C)C(=O)C(NC(=O)C(C)(C)N(C)C)C(C)CC)O[Si](CC)(CC)CC)n1. The molecular formula is C31H58N4O5SSi. The second-order valence-corrected chi connectivity index (χ2v) is 18.0. The van der Waals surface area contributed by atoms with Crippen LogP contribution in [0.3, 0.4) is 0 Å². The van der Waals surface area contributed by atoms with E-state index in [9.17, 15) is 14.4 Å². The van der Waals surface area contributed by atoms with Gasteiger partial charge < -0.3 is 19.4 Å². The molecule has 0 fully saturated rings. The van der Waals surface area contributed by atoms with Gasteiger partial charge in [0.2, 0.25) is 11.8 Å². The van der Waals surface area contributed by atoms with Crippen molar-refractivity contribution in [2.45, 2.75) is 124 Å². The van der Waals surface area contributed by atoms with Crippen LogP contribution >= 0.6 is 11.3 Å². The first-order valence-corrected chi connectivity index (χ1v) is 19.0. The smallest absolute Gasteiger partial charge is 0.357 e. The summed E-state index contributed by atoms with van der Waals surface area (Å²) >= 11 is 1.41. The van der Waals surface area contributed by atoms with E-state index in [0.29, 0.717) is 6.42 Å². The van der Waals surface area contributed by atoms with Crippen molar-refractivity contribution in [1.29, 1.82) is 0 Å². The van der Waals surface area contributed by atoms with E-state index in [4.69, 9.17) is 9.16 Å². The Morgan fingerprint density at radius 1 is 1.02 bits per heavy atom. The van der Waals surface area contributed by atoms with Crippen molar-refractivity contribution in [3.8, 4) is 0 Å². The largest absolute Gasteiger partial charge is 0.461 e. The average molecular weight is 627 g/mol. The predicted molar refractivity (Wildman–Crippen MR) is 174 cm³/mol. The number of carbonyl (C=O) groups is 3.